The number of aliphatic hydroxyl groups excluding tert-OH is 1. The molecule has 0 fully saturated rings. The van der Waals surface area contributed by atoms with Crippen LogP contribution in [0.4, 0.5) is 0 Å². The fourth-order valence-electron chi connectivity index (χ4n) is 1.93. The van der Waals surface area contributed by atoms with Crippen molar-refractivity contribution in [2.45, 2.75) is 13.2 Å². The molecule has 0 spiro atoms. The molecule has 0 aromatic heterocycles. The molecule has 0 saturated carbocycles. The van der Waals surface area contributed by atoms with Crippen LogP contribution in [0.2, 0.25) is 0 Å². The molecular weight excluding hydrogens is 252 g/mol. The maximum absolute atomic E-state index is 12.1. The number of carbonyl (C=O) groups is 1. The Labute approximate surface area is 117 Å². The number of nitriles is 1. The average molecular weight is 266 g/mol. The molecule has 0 aliphatic carbocycles. The lowest BCUT2D eigenvalue weighted by atomic mass is 10.1. The number of nitrogens with zero attached hydrogens (tertiary/aromatic N) is 1. The van der Waals surface area contributed by atoms with Gasteiger partial charge in [0.15, 0.2) is 0 Å². The van der Waals surface area contributed by atoms with E-state index in [-0.39, 0.29) is 12.5 Å². The third-order valence-electron chi connectivity index (χ3n) is 3.02. The fourth-order valence-corrected chi connectivity index (χ4v) is 1.93. The molecule has 2 N–H and O–H groups in total. The summed E-state index contributed by atoms with van der Waals surface area (Å²) in [5, 5.41) is 21.0. The summed E-state index contributed by atoms with van der Waals surface area (Å²) in [7, 11) is 0. The summed E-state index contributed by atoms with van der Waals surface area (Å²) in [6.45, 7) is 0.246. The molecule has 2 rings (SSSR count). The van der Waals surface area contributed by atoms with Gasteiger partial charge in [-0.05, 0) is 23.3 Å². The van der Waals surface area contributed by atoms with Crippen molar-refractivity contribution in [3.05, 3.63) is 70.8 Å². The first kappa shape index (κ1) is 13.8. The summed E-state index contributed by atoms with van der Waals surface area (Å²) in [6, 6.07) is 16.0. The number of aliphatic hydroxyl groups is 1. The van der Waals surface area contributed by atoms with E-state index in [9.17, 15) is 9.90 Å². The Morgan fingerprint density at radius 2 is 1.75 bits per heavy atom. The van der Waals surface area contributed by atoms with E-state index in [4.69, 9.17) is 5.26 Å². The highest BCUT2D eigenvalue weighted by Crippen LogP contribution is 2.10. The van der Waals surface area contributed by atoms with Crippen LogP contribution in [0.3, 0.4) is 0 Å². The number of nitrogens with one attached hydrogen (secondary N) is 1. The molecule has 4 heteroatoms. The van der Waals surface area contributed by atoms with E-state index < -0.39 is 0 Å². The summed E-state index contributed by atoms with van der Waals surface area (Å²) < 4.78 is 0. The van der Waals surface area contributed by atoms with Crippen LogP contribution in [-0.2, 0) is 13.2 Å². The number of hydrogen-bond acceptors (Lipinski definition) is 3. The van der Waals surface area contributed by atoms with Crippen molar-refractivity contribution in [3.8, 4) is 6.07 Å². The summed E-state index contributed by atoms with van der Waals surface area (Å²) in [6.07, 6.45) is 0. The summed E-state index contributed by atoms with van der Waals surface area (Å²) >= 11 is 0. The number of benzene rings is 2. The molecule has 2 aromatic rings. The zero-order valence-corrected chi connectivity index (χ0v) is 10.8. The van der Waals surface area contributed by atoms with Crippen molar-refractivity contribution in [3.63, 3.8) is 0 Å². The molecule has 0 heterocycles. The van der Waals surface area contributed by atoms with Crippen LogP contribution in [-0.4, -0.2) is 11.0 Å². The maximum atomic E-state index is 12.1. The molecule has 4 nitrogen and oxygen atoms in total. The van der Waals surface area contributed by atoms with Gasteiger partial charge >= 0.3 is 0 Å². The normalized spacial score (nSPS) is 9.80. The Kier molecular flexibility index (Phi) is 4.48. The number of rotatable bonds is 4. The second-order valence-corrected chi connectivity index (χ2v) is 4.27. The summed E-state index contributed by atoms with van der Waals surface area (Å²) in [4.78, 5) is 12.1. The second-order valence-electron chi connectivity index (χ2n) is 4.27. The van der Waals surface area contributed by atoms with Crippen LogP contribution < -0.4 is 5.32 Å². The van der Waals surface area contributed by atoms with Crippen molar-refractivity contribution >= 4 is 5.91 Å². The highest BCUT2D eigenvalue weighted by Gasteiger charge is 2.10. The minimum absolute atomic E-state index is 0.0686. The predicted molar refractivity (Wildman–Crippen MR) is 74.7 cm³/mol. The minimum atomic E-state index is -0.296. The van der Waals surface area contributed by atoms with Crippen molar-refractivity contribution in [1.82, 2.24) is 5.32 Å². The highest BCUT2D eigenvalue weighted by molar-refractivity contribution is 5.96. The number of carbonyl (C=O) groups excluding carboxylic acids is 1. The van der Waals surface area contributed by atoms with Crippen LogP contribution in [0.5, 0.6) is 0 Å². The Morgan fingerprint density at radius 1 is 1.10 bits per heavy atom. The van der Waals surface area contributed by atoms with Gasteiger partial charge in [-0.1, -0.05) is 36.4 Å². The van der Waals surface area contributed by atoms with E-state index in [1.165, 1.54) is 0 Å². The topological polar surface area (TPSA) is 73.1 Å². The van der Waals surface area contributed by atoms with Gasteiger partial charge in [0.05, 0.1) is 23.8 Å². The van der Waals surface area contributed by atoms with Crippen molar-refractivity contribution in [2.75, 3.05) is 0 Å². The third kappa shape index (κ3) is 3.02. The Balaban J connectivity index is 2.11. The minimum Gasteiger partial charge on any atom is -0.392 e. The Hall–Kier alpha value is -2.64. The highest BCUT2D eigenvalue weighted by atomic mass is 16.3. The van der Waals surface area contributed by atoms with E-state index in [1.54, 1.807) is 24.3 Å². The quantitative estimate of drug-likeness (QED) is 0.888. The van der Waals surface area contributed by atoms with E-state index >= 15 is 0 Å². The van der Waals surface area contributed by atoms with Gasteiger partial charge in [0, 0.05) is 6.54 Å². The maximum Gasteiger partial charge on any atom is 0.252 e. The molecule has 0 radical (unpaired) electrons. The lowest BCUT2D eigenvalue weighted by Gasteiger charge is -2.09. The van der Waals surface area contributed by atoms with Gasteiger partial charge in [0.25, 0.3) is 5.91 Å². The molecule has 0 unspecified atom stereocenters. The van der Waals surface area contributed by atoms with Gasteiger partial charge in [-0.15, -0.1) is 0 Å². The van der Waals surface area contributed by atoms with E-state index in [1.807, 2.05) is 30.3 Å². The van der Waals surface area contributed by atoms with Gasteiger partial charge < -0.3 is 10.4 Å². The van der Waals surface area contributed by atoms with Gasteiger partial charge in [-0.25, -0.2) is 0 Å². The number of amides is 1. The van der Waals surface area contributed by atoms with Crippen LogP contribution >= 0.6 is 0 Å². The van der Waals surface area contributed by atoms with Crippen molar-refractivity contribution in [2.24, 2.45) is 0 Å². The first-order valence-corrected chi connectivity index (χ1v) is 6.21. The fraction of sp³-hybridized carbons (Fsp3) is 0.125. The monoisotopic (exact) mass is 266 g/mol. The molecule has 2 aromatic carbocycles. The Morgan fingerprint density at radius 3 is 2.45 bits per heavy atom. The molecular formula is C16H14N2O2. The average Bonchev–Trinajstić information content (AvgIpc) is 2.52. The lowest BCUT2D eigenvalue weighted by molar-refractivity contribution is 0.0950. The molecule has 0 aliphatic rings. The number of hydrogen-bond donors (Lipinski definition) is 2. The molecule has 0 bridgehead atoms. The Bertz CT molecular complexity index is 660. The van der Waals surface area contributed by atoms with Crippen molar-refractivity contribution in [1.29, 1.82) is 5.26 Å². The first-order valence-electron chi connectivity index (χ1n) is 6.21. The zero-order chi connectivity index (χ0) is 14.4. The van der Waals surface area contributed by atoms with Gasteiger partial charge in [-0.3, -0.25) is 4.79 Å². The molecule has 20 heavy (non-hydrogen) atoms. The molecule has 0 atom stereocenters. The lowest BCUT2D eigenvalue weighted by Crippen LogP contribution is -2.24. The van der Waals surface area contributed by atoms with Crippen LogP contribution in [0.1, 0.15) is 27.0 Å². The van der Waals surface area contributed by atoms with Crippen LogP contribution in [0.25, 0.3) is 0 Å². The summed E-state index contributed by atoms with van der Waals surface area (Å²) in [5.41, 5.74) is 2.34. The van der Waals surface area contributed by atoms with E-state index in [0.717, 1.165) is 11.1 Å². The smallest absolute Gasteiger partial charge is 0.252 e. The first-order chi connectivity index (χ1) is 9.76. The van der Waals surface area contributed by atoms with Gasteiger partial charge in [-0.2, -0.15) is 5.26 Å². The molecule has 100 valence electrons. The molecule has 0 saturated heterocycles. The van der Waals surface area contributed by atoms with Gasteiger partial charge in [0.2, 0.25) is 0 Å². The second kappa shape index (κ2) is 6.50. The van der Waals surface area contributed by atoms with Crippen LogP contribution in [0.15, 0.2) is 48.5 Å². The standard InChI is InChI=1S/C16H14N2O2/c17-9-12-5-3-4-8-15(12)16(20)18-10-13-6-1-2-7-14(13)11-19/h1-8,19H,10-11H2,(H,18,20). The largest absolute Gasteiger partial charge is 0.392 e. The third-order valence-corrected chi connectivity index (χ3v) is 3.02. The predicted octanol–water partition coefficient (Wildman–Crippen LogP) is 1.98. The SMILES string of the molecule is N#Cc1ccccc1C(=O)NCc1ccccc1CO. The van der Waals surface area contributed by atoms with Crippen molar-refractivity contribution < 1.29 is 9.90 Å². The van der Waals surface area contributed by atoms with Gasteiger partial charge in [0.1, 0.15) is 0 Å². The van der Waals surface area contributed by atoms with E-state index in [0.29, 0.717) is 17.7 Å². The summed E-state index contributed by atoms with van der Waals surface area (Å²) in [5.74, 6) is -0.296. The molecule has 1 amide bonds. The molecule has 0 aliphatic heterocycles. The zero-order valence-electron chi connectivity index (χ0n) is 10.8. The van der Waals surface area contributed by atoms with Crippen LogP contribution in [0, 0.1) is 11.3 Å². The van der Waals surface area contributed by atoms with E-state index in [2.05, 4.69) is 5.32 Å².